The summed E-state index contributed by atoms with van der Waals surface area (Å²) in [6.45, 7) is 9.70. The minimum atomic E-state index is 0.558. The van der Waals surface area contributed by atoms with Gasteiger partial charge < -0.3 is 5.32 Å². The van der Waals surface area contributed by atoms with Crippen LogP contribution in [-0.4, -0.2) is 36.6 Å². The van der Waals surface area contributed by atoms with E-state index in [4.69, 9.17) is 6.42 Å². The molecule has 0 saturated heterocycles. The monoisotopic (exact) mass is 222 g/mol. The fourth-order valence-electron chi connectivity index (χ4n) is 2.00. The highest BCUT2D eigenvalue weighted by atomic mass is 15.2. The molecule has 92 valence electrons. The average Bonchev–Trinajstić information content (AvgIpc) is 3.02. The molecule has 1 fully saturated rings. The third kappa shape index (κ3) is 5.01. The third-order valence-corrected chi connectivity index (χ3v) is 3.23. The summed E-state index contributed by atoms with van der Waals surface area (Å²) in [5, 5.41) is 3.52. The third-order valence-electron chi connectivity index (χ3n) is 3.23. The van der Waals surface area contributed by atoms with Crippen molar-refractivity contribution in [3.8, 4) is 12.3 Å². The van der Waals surface area contributed by atoms with Gasteiger partial charge in [0.15, 0.2) is 0 Å². The molecule has 0 aromatic rings. The van der Waals surface area contributed by atoms with Crippen molar-refractivity contribution in [1.29, 1.82) is 0 Å². The Hall–Kier alpha value is -0.520. The van der Waals surface area contributed by atoms with E-state index in [0.717, 1.165) is 19.0 Å². The van der Waals surface area contributed by atoms with Gasteiger partial charge in [-0.1, -0.05) is 26.7 Å². The van der Waals surface area contributed by atoms with Crippen molar-refractivity contribution in [3.63, 3.8) is 0 Å². The smallest absolute Gasteiger partial charge is 0.0601 e. The normalized spacial score (nSPS) is 17.8. The Balaban J connectivity index is 2.40. The lowest BCUT2D eigenvalue weighted by Gasteiger charge is -2.30. The minimum absolute atomic E-state index is 0.558. The van der Waals surface area contributed by atoms with E-state index in [0.29, 0.717) is 12.1 Å². The second-order valence-electron chi connectivity index (χ2n) is 5.20. The van der Waals surface area contributed by atoms with Crippen molar-refractivity contribution in [3.05, 3.63) is 0 Å². The molecular formula is C14H26N2. The van der Waals surface area contributed by atoms with Gasteiger partial charge in [0.1, 0.15) is 0 Å². The first kappa shape index (κ1) is 13.5. The summed E-state index contributed by atoms with van der Waals surface area (Å²) in [6.07, 6.45) is 9.43. The van der Waals surface area contributed by atoms with Crippen LogP contribution in [0.5, 0.6) is 0 Å². The topological polar surface area (TPSA) is 15.3 Å². The van der Waals surface area contributed by atoms with Gasteiger partial charge in [-0.05, 0) is 25.2 Å². The van der Waals surface area contributed by atoms with Crippen LogP contribution in [0.1, 0.15) is 40.0 Å². The maximum absolute atomic E-state index is 5.46. The molecule has 0 spiro atoms. The Labute approximate surface area is 101 Å². The van der Waals surface area contributed by atoms with Crippen molar-refractivity contribution >= 4 is 0 Å². The van der Waals surface area contributed by atoms with Crippen LogP contribution in [0.4, 0.5) is 0 Å². The molecule has 0 amide bonds. The molecule has 2 heteroatoms. The summed E-state index contributed by atoms with van der Waals surface area (Å²) in [7, 11) is 0. The van der Waals surface area contributed by atoms with E-state index in [2.05, 4.69) is 36.9 Å². The zero-order valence-electron chi connectivity index (χ0n) is 11.0. The Morgan fingerprint density at radius 2 is 2.12 bits per heavy atom. The largest absolute Gasteiger partial charge is 0.313 e. The van der Waals surface area contributed by atoms with Crippen LogP contribution in [0.2, 0.25) is 0 Å². The fourth-order valence-corrected chi connectivity index (χ4v) is 2.00. The quantitative estimate of drug-likeness (QED) is 0.633. The van der Waals surface area contributed by atoms with Crippen LogP contribution in [0.25, 0.3) is 0 Å². The number of hydrogen-bond acceptors (Lipinski definition) is 2. The molecule has 1 saturated carbocycles. The summed E-state index contributed by atoms with van der Waals surface area (Å²) in [6, 6.07) is 1.15. The molecule has 0 aromatic carbocycles. The van der Waals surface area contributed by atoms with Crippen molar-refractivity contribution in [2.75, 3.05) is 19.6 Å². The highest BCUT2D eigenvalue weighted by molar-refractivity contribution is 4.92. The first-order valence-electron chi connectivity index (χ1n) is 6.58. The molecule has 1 atom stereocenters. The molecule has 1 rings (SSSR count). The molecule has 0 bridgehead atoms. The summed E-state index contributed by atoms with van der Waals surface area (Å²) in [5.74, 6) is 3.72. The molecule has 0 aliphatic heterocycles. The molecule has 16 heavy (non-hydrogen) atoms. The molecule has 1 aliphatic rings. The SMILES string of the molecule is C#CCN(CC1CC1)C(CC)CNC(C)C. The van der Waals surface area contributed by atoms with E-state index in [1.165, 1.54) is 25.8 Å². The van der Waals surface area contributed by atoms with Crippen LogP contribution >= 0.6 is 0 Å². The fraction of sp³-hybridized carbons (Fsp3) is 0.857. The zero-order chi connectivity index (χ0) is 12.0. The molecule has 0 heterocycles. The number of nitrogens with one attached hydrogen (secondary N) is 1. The van der Waals surface area contributed by atoms with Crippen LogP contribution in [0.15, 0.2) is 0 Å². The van der Waals surface area contributed by atoms with Crippen LogP contribution in [-0.2, 0) is 0 Å². The Morgan fingerprint density at radius 3 is 2.56 bits per heavy atom. The van der Waals surface area contributed by atoms with Crippen molar-refractivity contribution in [2.45, 2.75) is 52.1 Å². The van der Waals surface area contributed by atoms with Crippen LogP contribution in [0.3, 0.4) is 0 Å². The number of hydrogen-bond donors (Lipinski definition) is 1. The number of nitrogens with zero attached hydrogens (tertiary/aromatic N) is 1. The van der Waals surface area contributed by atoms with E-state index in [9.17, 15) is 0 Å². The van der Waals surface area contributed by atoms with E-state index >= 15 is 0 Å². The average molecular weight is 222 g/mol. The highest BCUT2D eigenvalue weighted by Gasteiger charge is 2.26. The van der Waals surface area contributed by atoms with Crippen molar-refractivity contribution < 1.29 is 0 Å². The van der Waals surface area contributed by atoms with Gasteiger partial charge in [-0.25, -0.2) is 0 Å². The van der Waals surface area contributed by atoms with Gasteiger partial charge in [-0.2, -0.15) is 0 Å². The van der Waals surface area contributed by atoms with Gasteiger partial charge in [0.2, 0.25) is 0 Å². The lowest BCUT2D eigenvalue weighted by atomic mass is 10.1. The first-order chi connectivity index (χ1) is 7.67. The lowest BCUT2D eigenvalue weighted by molar-refractivity contribution is 0.198. The van der Waals surface area contributed by atoms with E-state index < -0.39 is 0 Å². The molecule has 0 radical (unpaired) electrons. The lowest BCUT2D eigenvalue weighted by Crippen LogP contribution is -2.44. The van der Waals surface area contributed by atoms with Crippen molar-refractivity contribution in [2.24, 2.45) is 5.92 Å². The summed E-state index contributed by atoms with van der Waals surface area (Å²) >= 11 is 0. The number of rotatable bonds is 8. The minimum Gasteiger partial charge on any atom is -0.313 e. The second kappa shape index (κ2) is 6.93. The first-order valence-corrected chi connectivity index (χ1v) is 6.58. The van der Waals surface area contributed by atoms with Crippen molar-refractivity contribution in [1.82, 2.24) is 10.2 Å². The predicted molar refractivity (Wildman–Crippen MR) is 70.3 cm³/mol. The van der Waals surface area contributed by atoms with Gasteiger partial charge in [0, 0.05) is 25.2 Å². The predicted octanol–water partition coefficient (Wildman–Crippen LogP) is 2.11. The van der Waals surface area contributed by atoms with E-state index in [1.807, 2.05) is 0 Å². The molecule has 1 N–H and O–H groups in total. The summed E-state index contributed by atoms with van der Waals surface area (Å²) < 4.78 is 0. The summed E-state index contributed by atoms with van der Waals surface area (Å²) in [4.78, 5) is 2.48. The standard InChI is InChI=1S/C14H26N2/c1-5-9-16(11-13-7-8-13)14(6-2)10-15-12(3)4/h1,12-15H,6-11H2,2-4H3. The van der Waals surface area contributed by atoms with Crippen LogP contribution in [0, 0.1) is 18.3 Å². The second-order valence-corrected chi connectivity index (χ2v) is 5.20. The van der Waals surface area contributed by atoms with Gasteiger partial charge >= 0.3 is 0 Å². The summed E-state index contributed by atoms with van der Waals surface area (Å²) in [5.41, 5.74) is 0. The molecular weight excluding hydrogens is 196 g/mol. The maximum Gasteiger partial charge on any atom is 0.0601 e. The van der Waals surface area contributed by atoms with Gasteiger partial charge in [0.05, 0.1) is 6.54 Å². The Bertz CT molecular complexity index is 225. The Kier molecular flexibility index (Phi) is 5.87. The zero-order valence-corrected chi connectivity index (χ0v) is 11.0. The Morgan fingerprint density at radius 1 is 1.44 bits per heavy atom. The maximum atomic E-state index is 5.46. The molecule has 0 aromatic heterocycles. The van der Waals surface area contributed by atoms with Gasteiger partial charge in [0.25, 0.3) is 0 Å². The van der Waals surface area contributed by atoms with Gasteiger partial charge in [-0.3, -0.25) is 4.90 Å². The van der Waals surface area contributed by atoms with Crippen LogP contribution < -0.4 is 5.32 Å². The van der Waals surface area contributed by atoms with E-state index in [-0.39, 0.29) is 0 Å². The van der Waals surface area contributed by atoms with E-state index in [1.54, 1.807) is 0 Å². The molecule has 2 nitrogen and oxygen atoms in total. The van der Waals surface area contributed by atoms with Gasteiger partial charge in [-0.15, -0.1) is 6.42 Å². The molecule has 1 aliphatic carbocycles. The molecule has 1 unspecified atom stereocenters. The number of terminal acetylenes is 1. The highest BCUT2D eigenvalue weighted by Crippen LogP contribution is 2.30.